The number of rotatable bonds is 2. The lowest BCUT2D eigenvalue weighted by Crippen LogP contribution is -2.53. The zero-order chi connectivity index (χ0) is 18.2. The fourth-order valence-corrected chi connectivity index (χ4v) is 4.33. The monoisotopic (exact) mass is 362 g/mol. The summed E-state index contributed by atoms with van der Waals surface area (Å²) >= 11 is 0. The summed E-state index contributed by atoms with van der Waals surface area (Å²) in [5, 5.41) is 11.4. The first-order chi connectivity index (χ1) is 13.3. The summed E-state index contributed by atoms with van der Waals surface area (Å²) in [5.74, 6) is 0.0565. The van der Waals surface area contributed by atoms with Crippen LogP contribution in [0.2, 0.25) is 0 Å². The van der Waals surface area contributed by atoms with E-state index in [-0.39, 0.29) is 5.91 Å². The van der Waals surface area contributed by atoms with Crippen LogP contribution in [0.1, 0.15) is 27.9 Å². The van der Waals surface area contributed by atoms with Crippen LogP contribution in [-0.4, -0.2) is 68.0 Å². The van der Waals surface area contributed by atoms with Crippen LogP contribution in [0, 0.1) is 0 Å². The number of fused-ring (bicyclic) bond motifs is 2. The molecule has 3 heterocycles. The number of benzene rings is 1. The van der Waals surface area contributed by atoms with Crippen molar-refractivity contribution in [2.45, 2.75) is 25.3 Å². The van der Waals surface area contributed by atoms with Gasteiger partial charge in [0.2, 0.25) is 0 Å². The topological polar surface area (TPSA) is 66.6 Å². The van der Waals surface area contributed by atoms with Crippen LogP contribution in [0.25, 0.3) is 5.65 Å². The van der Waals surface area contributed by atoms with Gasteiger partial charge in [-0.3, -0.25) is 9.69 Å². The number of piperazine rings is 1. The highest BCUT2D eigenvalue weighted by molar-refractivity contribution is 5.94. The Balaban J connectivity index is 1.23. The summed E-state index contributed by atoms with van der Waals surface area (Å²) < 4.78 is 1.54. The summed E-state index contributed by atoms with van der Waals surface area (Å²) in [4.78, 5) is 17.3. The van der Waals surface area contributed by atoms with Gasteiger partial charge in [-0.05, 0) is 52.9 Å². The van der Waals surface area contributed by atoms with Crippen LogP contribution in [-0.2, 0) is 12.8 Å². The molecule has 1 aliphatic heterocycles. The molecule has 1 amide bonds. The standard InChI is InChI=1S/C20H22N6O/c27-20(17-6-8-19-21-22-23-26(19)14-17)25-11-9-24(10-12-25)18-7-5-15-3-1-2-4-16(15)13-18/h1-4,6,8,14,18H,5,7,9-13H2/t18-/m0/s1. The molecule has 1 fully saturated rings. The van der Waals surface area contributed by atoms with E-state index in [0.717, 1.165) is 39.0 Å². The second kappa shape index (κ2) is 6.74. The second-order valence-corrected chi connectivity index (χ2v) is 7.39. The van der Waals surface area contributed by atoms with E-state index in [9.17, 15) is 4.79 Å². The molecule has 3 aromatic rings. The second-order valence-electron chi connectivity index (χ2n) is 7.39. The summed E-state index contributed by atoms with van der Waals surface area (Å²) in [6.45, 7) is 3.41. The summed E-state index contributed by atoms with van der Waals surface area (Å²) in [6.07, 6.45) is 5.20. The van der Waals surface area contributed by atoms with Crippen LogP contribution >= 0.6 is 0 Å². The molecule has 0 N–H and O–H groups in total. The van der Waals surface area contributed by atoms with E-state index >= 15 is 0 Å². The minimum atomic E-state index is 0.0565. The normalized spacial score (nSPS) is 20.6. The molecule has 0 spiro atoms. The fraction of sp³-hybridized carbons (Fsp3) is 0.400. The molecule has 1 atom stereocenters. The number of hydrogen-bond acceptors (Lipinski definition) is 5. The molecule has 7 heteroatoms. The summed E-state index contributed by atoms with van der Waals surface area (Å²) in [6, 6.07) is 13.0. The van der Waals surface area contributed by atoms with E-state index in [1.165, 1.54) is 17.5 Å². The van der Waals surface area contributed by atoms with Gasteiger partial charge >= 0.3 is 0 Å². The van der Waals surface area contributed by atoms with E-state index in [1.807, 2.05) is 4.90 Å². The Morgan fingerprint density at radius 3 is 2.67 bits per heavy atom. The lowest BCUT2D eigenvalue weighted by atomic mass is 9.87. The molecule has 1 aliphatic carbocycles. The van der Waals surface area contributed by atoms with Gasteiger partial charge in [0, 0.05) is 38.4 Å². The number of carbonyl (C=O) groups is 1. The lowest BCUT2D eigenvalue weighted by Gasteiger charge is -2.41. The van der Waals surface area contributed by atoms with Crippen molar-refractivity contribution in [2.75, 3.05) is 26.2 Å². The van der Waals surface area contributed by atoms with E-state index < -0.39 is 0 Å². The lowest BCUT2D eigenvalue weighted by molar-refractivity contribution is 0.0552. The number of carbonyl (C=O) groups excluding carboxylic acids is 1. The molecule has 1 aromatic carbocycles. The molecular weight excluding hydrogens is 340 g/mol. The van der Waals surface area contributed by atoms with E-state index in [1.54, 1.807) is 22.8 Å². The molecule has 138 valence electrons. The van der Waals surface area contributed by atoms with E-state index in [4.69, 9.17) is 0 Å². The zero-order valence-electron chi connectivity index (χ0n) is 15.2. The fourth-order valence-electron chi connectivity index (χ4n) is 4.33. The van der Waals surface area contributed by atoms with Crippen molar-refractivity contribution in [2.24, 2.45) is 0 Å². The van der Waals surface area contributed by atoms with Crippen LogP contribution in [0.15, 0.2) is 42.6 Å². The van der Waals surface area contributed by atoms with Crippen molar-refractivity contribution in [1.82, 2.24) is 29.8 Å². The van der Waals surface area contributed by atoms with Gasteiger partial charge in [0.25, 0.3) is 5.91 Å². The number of hydrogen-bond donors (Lipinski definition) is 0. The van der Waals surface area contributed by atoms with Gasteiger partial charge in [-0.15, -0.1) is 5.10 Å². The van der Waals surface area contributed by atoms with Gasteiger partial charge < -0.3 is 4.90 Å². The Kier molecular flexibility index (Phi) is 4.09. The molecule has 0 bridgehead atoms. The molecular formula is C20H22N6O. The Labute approximate surface area is 157 Å². The molecule has 0 unspecified atom stereocenters. The average molecular weight is 362 g/mol. The van der Waals surface area contributed by atoms with Gasteiger partial charge in [-0.25, -0.2) is 0 Å². The first-order valence-corrected chi connectivity index (χ1v) is 9.56. The van der Waals surface area contributed by atoms with Crippen LogP contribution < -0.4 is 0 Å². The maximum Gasteiger partial charge on any atom is 0.255 e. The van der Waals surface area contributed by atoms with Gasteiger partial charge in [-0.1, -0.05) is 24.3 Å². The van der Waals surface area contributed by atoms with Crippen LogP contribution in [0.3, 0.4) is 0 Å². The van der Waals surface area contributed by atoms with E-state index in [2.05, 4.69) is 44.7 Å². The van der Waals surface area contributed by atoms with Gasteiger partial charge in [-0.2, -0.15) is 4.52 Å². The Morgan fingerprint density at radius 1 is 1.00 bits per heavy atom. The van der Waals surface area contributed by atoms with Gasteiger partial charge in [0.05, 0.1) is 5.56 Å². The minimum absolute atomic E-state index is 0.0565. The van der Waals surface area contributed by atoms with Crippen molar-refractivity contribution in [3.05, 3.63) is 59.3 Å². The number of aromatic nitrogens is 4. The smallest absolute Gasteiger partial charge is 0.255 e. The first-order valence-electron chi connectivity index (χ1n) is 9.56. The summed E-state index contributed by atoms with van der Waals surface area (Å²) in [7, 11) is 0. The predicted molar refractivity (Wildman–Crippen MR) is 101 cm³/mol. The quantitative estimate of drug-likeness (QED) is 0.690. The Bertz CT molecular complexity index is 975. The molecule has 0 saturated carbocycles. The van der Waals surface area contributed by atoms with Crippen molar-refractivity contribution >= 4 is 11.6 Å². The number of nitrogens with zero attached hydrogens (tertiary/aromatic N) is 6. The third kappa shape index (κ3) is 3.08. The highest BCUT2D eigenvalue weighted by atomic mass is 16.2. The van der Waals surface area contributed by atoms with Gasteiger partial charge in [0.15, 0.2) is 5.65 Å². The summed E-state index contributed by atoms with van der Waals surface area (Å²) in [5.41, 5.74) is 4.27. The van der Waals surface area contributed by atoms with Crippen molar-refractivity contribution in [1.29, 1.82) is 0 Å². The molecule has 0 radical (unpaired) electrons. The van der Waals surface area contributed by atoms with E-state index in [0.29, 0.717) is 17.3 Å². The maximum absolute atomic E-state index is 12.8. The van der Waals surface area contributed by atoms with Crippen molar-refractivity contribution < 1.29 is 4.79 Å². The predicted octanol–water partition coefficient (Wildman–Crippen LogP) is 1.44. The largest absolute Gasteiger partial charge is 0.336 e. The number of tetrazole rings is 1. The number of aryl methyl sites for hydroxylation is 1. The molecule has 1 saturated heterocycles. The average Bonchev–Trinajstić information content (AvgIpc) is 3.21. The Hall–Kier alpha value is -2.80. The third-order valence-corrected chi connectivity index (χ3v) is 5.88. The maximum atomic E-state index is 12.8. The molecule has 7 nitrogen and oxygen atoms in total. The third-order valence-electron chi connectivity index (χ3n) is 5.88. The molecule has 2 aliphatic rings. The van der Waals surface area contributed by atoms with Gasteiger partial charge in [0.1, 0.15) is 0 Å². The first kappa shape index (κ1) is 16.4. The highest BCUT2D eigenvalue weighted by Crippen LogP contribution is 2.25. The molecule has 2 aromatic heterocycles. The van der Waals surface area contributed by atoms with Crippen molar-refractivity contribution in [3.63, 3.8) is 0 Å². The molecule has 5 rings (SSSR count). The Morgan fingerprint density at radius 2 is 1.81 bits per heavy atom. The number of pyridine rings is 1. The van der Waals surface area contributed by atoms with Crippen LogP contribution in [0.4, 0.5) is 0 Å². The highest BCUT2D eigenvalue weighted by Gasteiger charge is 2.29. The van der Waals surface area contributed by atoms with Crippen molar-refractivity contribution in [3.8, 4) is 0 Å². The minimum Gasteiger partial charge on any atom is -0.336 e. The number of amides is 1. The van der Waals surface area contributed by atoms with Crippen LogP contribution in [0.5, 0.6) is 0 Å². The zero-order valence-corrected chi connectivity index (χ0v) is 15.2. The SMILES string of the molecule is O=C(c1ccc2nnnn2c1)N1CCN([C@H]2CCc3ccccc3C2)CC1. The molecule has 27 heavy (non-hydrogen) atoms.